The molecule has 4 nitrogen and oxygen atoms in total. The summed E-state index contributed by atoms with van der Waals surface area (Å²) in [5.74, 6) is 0. The Balaban J connectivity index is 2.37. The lowest BCUT2D eigenvalue weighted by Gasteiger charge is -1.98. The molecule has 0 aliphatic carbocycles. The number of H-pyrrole nitrogens is 1. The zero-order chi connectivity index (χ0) is 12.3. The van der Waals surface area contributed by atoms with Gasteiger partial charge in [0.2, 0.25) is 0 Å². The van der Waals surface area contributed by atoms with Gasteiger partial charge in [-0.2, -0.15) is 0 Å². The molecule has 1 N–H and O–H groups in total. The highest BCUT2D eigenvalue weighted by atomic mass is 16.2. The first-order chi connectivity index (χ1) is 8.16. The summed E-state index contributed by atoms with van der Waals surface area (Å²) in [6.07, 6.45) is 4.94. The van der Waals surface area contributed by atoms with Crippen LogP contribution in [0, 0.1) is 6.92 Å². The molecule has 1 heterocycles. The third-order valence-electron chi connectivity index (χ3n) is 2.37. The van der Waals surface area contributed by atoms with Crippen molar-refractivity contribution < 1.29 is 0 Å². The lowest BCUT2D eigenvalue weighted by atomic mass is 10.2. The monoisotopic (exact) mass is 228 g/mol. The van der Waals surface area contributed by atoms with Gasteiger partial charge in [-0.05, 0) is 18.6 Å². The van der Waals surface area contributed by atoms with E-state index in [2.05, 4.69) is 4.98 Å². The largest absolute Gasteiger partial charge is 0.332 e. The molecule has 0 aliphatic heterocycles. The van der Waals surface area contributed by atoms with Gasteiger partial charge in [0.15, 0.2) is 0 Å². The molecule has 0 saturated carbocycles. The molecule has 0 atom stereocenters. The SMILES string of the molecule is Cc1cn(/C=C/c2ccccc2)c(=O)[nH]c1=O. The van der Waals surface area contributed by atoms with Gasteiger partial charge in [-0.1, -0.05) is 30.3 Å². The Morgan fingerprint density at radius 1 is 1.18 bits per heavy atom. The third kappa shape index (κ3) is 2.60. The molecule has 0 unspecified atom stereocenters. The zero-order valence-electron chi connectivity index (χ0n) is 9.38. The first-order valence-corrected chi connectivity index (χ1v) is 5.22. The van der Waals surface area contributed by atoms with Crippen molar-refractivity contribution in [3.05, 3.63) is 68.5 Å². The summed E-state index contributed by atoms with van der Waals surface area (Å²) in [5.41, 5.74) is 0.706. The van der Waals surface area contributed by atoms with Crippen LogP contribution in [-0.2, 0) is 0 Å². The molecule has 2 rings (SSSR count). The van der Waals surface area contributed by atoms with Crippen molar-refractivity contribution in [1.82, 2.24) is 9.55 Å². The molecule has 2 aromatic rings. The summed E-state index contributed by atoms with van der Waals surface area (Å²) >= 11 is 0. The first-order valence-electron chi connectivity index (χ1n) is 5.22. The lowest BCUT2D eigenvalue weighted by molar-refractivity contribution is 0.919. The molecule has 0 spiro atoms. The maximum absolute atomic E-state index is 11.5. The molecule has 0 fully saturated rings. The summed E-state index contributed by atoms with van der Waals surface area (Å²) in [6, 6.07) is 9.62. The van der Waals surface area contributed by atoms with E-state index in [0.29, 0.717) is 5.56 Å². The Kier molecular flexibility index (Phi) is 3.05. The predicted molar refractivity (Wildman–Crippen MR) is 67.7 cm³/mol. The molecular weight excluding hydrogens is 216 g/mol. The minimum Gasteiger partial charge on any atom is -0.276 e. The van der Waals surface area contributed by atoms with Crippen LogP contribution >= 0.6 is 0 Å². The van der Waals surface area contributed by atoms with E-state index in [-0.39, 0.29) is 5.56 Å². The van der Waals surface area contributed by atoms with Crippen molar-refractivity contribution in [2.45, 2.75) is 6.92 Å². The molecule has 0 bridgehead atoms. The summed E-state index contributed by atoms with van der Waals surface area (Å²) in [4.78, 5) is 24.9. The fourth-order valence-corrected chi connectivity index (χ4v) is 1.43. The molecule has 0 amide bonds. The molecule has 1 aromatic heterocycles. The second kappa shape index (κ2) is 4.65. The summed E-state index contributed by atoms with van der Waals surface area (Å²) < 4.78 is 1.35. The van der Waals surface area contributed by atoms with E-state index in [4.69, 9.17) is 0 Å². The van der Waals surface area contributed by atoms with Gasteiger partial charge >= 0.3 is 5.69 Å². The highest BCUT2D eigenvalue weighted by Gasteiger charge is 1.96. The summed E-state index contributed by atoms with van der Waals surface area (Å²) in [7, 11) is 0. The summed E-state index contributed by atoms with van der Waals surface area (Å²) in [5, 5.41) is 0. The molecule has 1 aromatic carbocycles. The van der Waals surface area contributed by atoms with E-state index in [0.717, 1.165) is 5.56 Å². The van der Waals surface area contributed by atoms with Crippen LogP contribution in [0.2, 0.25) is 0 Å². The van der Waals surface area contributed by atoms with Gasteiger partial charge in [0.05, 0.1) is 0 Å². The zero-order valence-corrected chi connectivity index (χ0v) is 9.38. The van der Waals surface area contributed by atoms with Crippen LogP contribution in [0.15, 0.2) is 46.1 Å². The van der Waals surface area contributed by atoms with Crippen molar-refractivity contribution in [3.8, 4) is 0 Å². The van der Waals surface area contributed by atoms with Crippen molar-refractivity contribution in [2.75, 3.05) is 0 Å². The first kappa shape index (κ1) is 11.1. The van der Waals surface area contributed by atoms with Gasteiger partial charge < -0.3 is 0 Å². The van der Waals surface area contributed by atoms with Crippen molar-refractivity contribution in [1.29, 1.82) is 0 Å². The van der Waals surface area contributed by atoms with E-state index >= 15 is 0 Å². The van der Waals surface area contributed by atoms with Crippen LogP contribution < -0.4 is 11.2 Å². The number of aryl methyl sites for hydroxylation is 1. The standard InChI is InChI=1S/C13H12N2O2/c1-10-9-15(13(17)14-12(10)16)8-7-11-5-3-2-4-6-11/h2-9H,1H3,(H,14,16,17)/b8-7+. The highest BCUT2D eigenvalue weighted by molar-refractivity contribution is 5.60. The lowest BCUT2D eigenvalue weighted by Crippen LogP contribution is -2.28. The van der Waals surface area contributed by atoms with Crippen molar-refractivity contribution in [2.24, 2.45) is 0 Å². The molecule has 0 saturated heterocycles. The van der Waals surface area contributed by atoms with E-state index in [1.807, 2.05) is 30.3 Å². The molecule has 4 heteroatoms. The van der Waals surface area contributed by atoms with E-state index < -0.39 is 5.69 Å². The van der Waals surface area contributed by atoms with Gasteiger partial charge in [-0.3, -0.25) is 14.3 Å². The Hall–Kier alpha value is -2.36. The molecule has 17 heavy (non-hydrogen) atoms. The molecule has 0 aliphatic rings. The van der Waals surface area contributed by atoms with Crippen LogP contribution in [0.5, 0.6) is 0 Å². The molecular formula is C13H12N2O2. The van der Waals surface area contributed by atoms with Gasteiger partial charge in [-0.25, -0.2) is 4.79 Å². The van der Waals surface area contributed by atoms with Gasteiger partial charge in [-0.15, -0.1) is 0 Å². The minimum absolute atomic E-state index is 0.348. The molecule has 0 radical (unpaired) electrons. The number of aromatic nitrogens is 2. The Labute approximate surface area is 97.9 Å². The highest BCUT2D eigenvalue weighted by Crippen LogP contribution is 2.01. The predicted octanol–water partition coefficient (Wildman–Crippen LogP) is 1.47. The maximum Gasteiger partial charge on any atom is 0.332 e. The Morgan fingerprint density at radius 3 is 2.59 bits per heavy atom. The van der Waals surface area contributed by atoms with Gasteiger partial charge in [0, 0.05) is 18.0 Å². The number of hydrogen-bond donors (Lipinski definition) is 1. The number of nitrogens with one attached hydrogen (secondary N) is 1. The molecule has 86 valence electrons. The average molecular weight is 228 g/mol. The smallest absolute Gasteiger partial charge is 0.276 e. The van der Waals surface area contributed by atoms with Crippen LogP contribution in [0.4, 0.5) is 0 Å². The van der Waals surface area contributed by atoms with Crippen LogP contribution in [-0.4, -0.2) is 9.55 Å². The van der Waals surface area contributed by atoms with E-state index in [9.17, 15) is 9.59 Å². The van der Waals surface area contributed by atoms with Gasteiger partial charge in [0.1, 0.15) is 0 Å². The summed E-state index contributed by atoms with van der Waals surface area (Å²) in [6.45, 7) is 1.66. The second-order valence-corrected chi connectivity index (χ2v) is 3.71. The quantitative estimate of drug-likeness (QED) is 0.846. The third-order valence-corrected chi connectivity index (χ3v) is 2.37. The average Bonchev–Trinajstić information content (AvgIpc) is 2.33. The number of hydrogen-bond acceptors (Lipinski definition) is 2. The van der Waals surface area contributed by atoms with Crippen molar-refractivity contribution >= 4 is 12.3 Å². The van der Waals surface area contributed by atoms with Crippen LogP contribution in [0.25, 0.3) is 12.3 Å². The number of aromatic amines is 1. The number of nitrogens with zero attached hydrogens (tertiary/aromatic N) is 1. The normalized spacial score (nSPS) is 10.9. The fraction of sp³-hybridized carbons (Fsp3) is 0.0769. The van der Waals surface area contributed by atoms with Crippen molar-refractivity contribution in [3.63, 3.8) is 0 Å². The van der Waals surface area contributed by atoms with E-state index in [1.54, 1.807) is 19.2 Å². The van der Waals surface area contributed by atoms with Gasteiger partial charge in [0.25, 0.3) is 5.56 Å². The van der Waals surface area contributed by atoms with Crippen LogP contribution in [0.3, 0.4) is 0 Å². The topological polar surface area (TPSA) is 54.9 Å². The van der Waals surface area contributed by atoms with E-state index in [1.165, 1.54) is 10.8 Å². The fourth-order valence-electron chi connectivity index (χ4n) is 1.43. The minimum atomic E-state index is -0.437. The number of rotatable bonds is 2. The maximum atomic E-state index is 11.5. The Morgan fingerprint density at radius 2 is 1.88 bits per heavy atom. The number of benzene rings is 1. The second-order valence-electron chi connectivity index (χ2n) is 3.71. The van der Waals surface area contributed by atoms with Crippen LogP contribution in [0.1, 0.15) is 11.1 Å². The Bertz CT molecular complexity index is 651.